The molecule has 4 nitrogen and oxygen atoms in total. The number of phenolic OH excluding ortho intramolecular Hbond substituents is 1. The first kappa shape index (κ1) is 16.6. The Hall–Kier alpha value is -2.75. The van der Waals surface area contributed by atoms with Gasteiger partial charge in [-0.2, -0.15) is 0 Å². The van der Waals surface area contributed by atoms with Gasteiger partial charge in [0.25, 0.3) is 0 Å². The van der Waals surface area contributed by atoms with Crippen LogP contribution in [-0.2, 0) is 0 Å². The van der Waals surface area contributed by atoms with Crippen LogP contribution in [0.25, 0.3) is 12.2 Å². The lowest BCUT2D eigenvalue weighted by Crippen LogP contribution is -2.14. The number of nitrogens with zero attached hydrogens (tertiary/aromatic N) is 1. The molecule has 0 bridgehead atoms. The molecular formula is C19H22N2O2. The summed E-state index contributed by atoms with van der Waals surface area (Å²) in [6, 6.07) is 9.37. The summed E-state index contributed by atoms with van der Waals surface area (Å²) >= 11 is 0. The van der Waals surface area contributed by atoms with Crippen LogP contribution in [0.3, 0.4) is 0 Å². The first-order valence-corrected chi connectivity index (χ1v) is 7.38. The van der Waals surface area contributed by atoms with Crippen molar-refractivity contribution in [3.8, 4) is 5.75 Å². The molecule has 0 heterocycles. The molecule has 0 aliphatic carbocycles. The quantitative estimate of drug-likeness (QED) is 0.851. The van der Waals surface area contributed by atoms with Gasteiger partial charge in [0.15, 0.2) is 0 Å². The molecule has 120 valence electrons. The van der Waals surface area contributed by atoms with Crippen molar-refractivity contribution in [3.63, 3.8) is 0 Å². The standard InChI is InChI=1S/C19H22N2O2/c1-12-7-14(8-13(2)18(12)22)5-6-15-9-16(19(20)23)11-17(10-15)21(3)4/h5-11,22H,1-4H3,(H2,20,23)/b6-5+. The Kier molecular flexibility index (Phi) is 4.74. The second kappa shape index (κ2) is 6.57. The van der Waals surface area contributed by atoms with E-state index in [-0.39, 0.29) is 0 Å². The summed E-state index contributed by atoms with van der Waals surface area (Å²) in [7, 11) is 3.83. The summed E-state index contributed by atoms with van der Waals surface area (Å²) in [5.41, 5.74) is 10.4. The zero-order valence-electron chi connectivity index (χ0n) is 13.9. The molecule has 0 aliphatic heterocycles. The maximum Gasteiger partial charge on any atom is 0.248 e. The lowest BCUT2D eigenvalue weighted by atomic mass is 10.0. The van der Waals surface area contributed by atoms with Crippen molar-refractivity contribution in [1.82, 2.24) is 0 Å². The number of carbonyl (C=O) groups excluding carboxylic acids is 1. The number of anilines is 1. The molecular weight excluding hydrogens is 288 g/mol. The first-order valence-electron chi connectivity index (χ1n) is 7.38. The van der Waals surface area contributed by atoms with Crippen molar-refractivity contribution >= 4 is 23.7 Å². The van der Waals surface area contributed by atoms with Gasteiger partial charge < -0.3 is 15.7 Å². The minimum absolute atomic E-state index is 0.327. The predicted molar refractivity (Wildman–Crippen MR) is 95.8 cm³/mol. The van der Waals surface area contributed by atoms with Gasteiger partial charge >= 0.3 is 0 Å². The van der Waals surface area contributed by atoms with E-state index in [2.05, 4.69) is 0 Å². The van der Waals surface area contributed by atoms with Crippen LogP contribution in [0.15, 0.2) is 30.3 Å². The monoisotopic (exact) mass is 310 g/mol. The van der Waals surface area contributed by atoms with E-state index in [1.54, 1.807) is 12.1 Å². The van der Waals surface area contributed by atoms with Crippen LogP contribution in [0, 0.1) is 13.8 Å². The molecule has 3 N–H and O–H groups in total. The van der Waals surface area contributed by atoms with Crippen LogP contribution in [0.4, 0.5) is 5.69 Å². The summed E-state index contributed by atoms with van der Waals surface area (Å²) in [6.45, 7) is 3.75. The number of hydrogen-bond donors (Lipinski definition) is 2. The number of aromatic hydroxyl groups is 1. The van der Waals surface area contributed by atoms with Crippen molar-refractivity contribution in [2.24, 2.45) is 5.73 Å². The minimum Gasteiger partial charge on any atom is -0.507 e. The smallest absolute Gasteiger partial charge is 0.248 e. The second-order valence-corrected chi connectivity index (χ2v) is 5.91. The maximum absolute atomic E-state index is 11.5. The van der Waals surface area contributed by atoms with Crippen molar-refractivity contribution in [2.75, 3.05) is 19.0 Å². The topological polar surface area (TPSA) is 66.6 Å². The Morgan fingerprint density at radius 2 is 1.52 bits per heavy atom. The zero-order chi connectivity index (χ0) is 17.1. The average Bonchev–Trinajstić information content (AvgIpc) is 2.50. The van der Waals surface area contributed by atoms with Crippen molar-refractivity contribution < 1.29 is 9.90 Å². The number of benzene rings is 2. The number of nitrogens with two attached hydrogens (primary N) is 1. The maximum atomic E-state index is 11.5. The zero-order valence-corrected chi connectivity index (χ0v) is 13.9. The van der Waals surface area contributed by atoms with Gasteiger partial charge in [-0.1, -0.05) is 12.2 Å². The lowest BCUT2D eigenvalue weighted by molar-refractivity contribution is 0.100. The summed E-state index contributed by atoms with van der Waals surface area (Å²) in [6.07, 6.45) is 3.89. The number of carbonyl (C=O) groups is 1. The molecule has 0 atom stereocenters. The largest absolute Gasteiger partial charge is 0.507 e. The average molecular weight is 310 g/mol. The Morgan fingerprint density at radius 1 is 1.00 bits per heavy atom. The molecule has 4 heteroatoms. The molecule has 2 aromatic carbocycles. The molecule has 0 saturated carbocycles. The fourth-order valence-corrected chi connectivity index (χ4v) is 2.41. The van der Waals surface area contributed by atoms with E-state index in [0.29, 0.717) is 11.3 Å². The summed E-state index contributed by atoms with van der Waals surface area (Å²) in [5.74, 6) is -0.118. The van der Waals surface area contributed by atoms with Gasteiger partial charge in [0.2, 0.25) is 5.91 Å². The fraction of sp³-hybridized carbons (Fsp3) is 0.211. The molecule has 23 heavy (non-hydrogen) atoms. The highest BCUT2D eigenvalue weighted by Gasteiger charge is 2.06. The summed E-state index contributed by atoms with van der Waals surface area (Å²) in [4.78, 5) is 13.4. The van der Waals surface area contributed by atoms with Gasteiger partial charge in [-0.05, 0) is 66.4 Å². The molecule has 0 aromatic heterocycles. The van der Waals surface area contributed by atoms with E-state index in [0.717, 1.165) is 27.9 Å². The van der Waals surface area contributed by atoms with E-state index in [9.17, 15) is 9.90 Å². The third-order valence-electron chi connectivity index (χ3n) is 3.72. The molecule has 0 radical (unpaired) electrons. The molecule has 0 saturated heterocycles. The fourth-order valence-electron chi connectivity index (χ4n) is 2.41. The van der Waals surface area contributed by atoms with Crippen LogP contribution in [0.5, 0.6) is 5.75 Å². The van der Waals surface area contributed by atoms with E-state index >= 15 is 0 Å². The Bertz CT molecular complexity index is 754. The number of hydrogen-bond acceptors (Lipinski definition) is 3. The minimum atomic E-state index is -0.445. The van der Waals surface area contributed by atoms with Crippen LogP contribution >= 0.6 is 0 Å². The molecule has 0 unspecified atom stereocenters. The number of primary amides is 1. The molecule has 1 amide bonds. The third kappa shape index (κ3) is 3.92. The molecule has 0 fully saturated rings. The Balaban J connectivity index is 2.41. The SMILES string of the molecule is Cc1cc(/C=C/c2cc(C(N)=O)cc(N(C)C)c2)cc(C)c1O. The van der Waals surface area contributed by atoms with E-state index in [1.165, 1.54) is 0 Å². The number of rotatable bonds is 4. The Labute approximate surface area is 136 Å². The highest BCUT2D eigenvalue weighted by molar-refractivity contribution is 5.95. The molecule has 2 aromatic rings. The van der Waals surface area contributed by atoms with Gasteiger partial charge in [-0.3, -0.25) is 4.79 Å². The molecule has 0 spiro atoms. The summed E-state index contributed by atoms with van der Waals surface area (Å²) < 4.78 is 0. The summed E-state index contributed by atoms with van der Waals surface area (Å²) in [5, 5.41) is 9.83. The van der Waals surface area contributed by atoms with Gasteiger partial charge in [0.05, 0.1) is 0 Å². The van der Waals surface area contributed by atoms with Crippen molar-refractivity contribution in [1.29, 1.82) is 0 Å². The second-order valence-electron chi connectivity index (χ2n) is 5.91. The van der Waals surface area contributed by atoms with Gasteiger partial charge in [0, 0.05) is 25.3 Å². The highest BCUT2D eigenvalue weighted by atomic mass is 16.3. The first-order chi connectivity index (χ1) is 10.8. The molecule has 0 aliphatic rings. The third-order valence-corrected chi connectivity index (χ3v) is 3.72. The van der Waals surface area contributed by atoms with Gasteiger partial charge in [-0.15, -0.1) is 0 Å². The van der Waals surface area contributed by atoms with Crippen molar-refractivity contribution in [3.05, 3.63) is 58.1 Å². The molecule has 2 rings (SSSR count). The predicted octanol–water partition coefficient (Wildman–Crippen LogP) is 3.34. The van der Waals surface area contributed by atoms with E-state index < -0.39 is 5.91 Å². The van der Waals surface area contributed by atoms with E-state index in [4.69, 9.17) is 5.73 Å². The van der Waals surface area contributed by atoms with Gasteiger partial charge in [-0.25, -0.2) is 0 Å². The van der Waals surface area contributed by atoms with Crippen LogP contribution in [-0.4, -0.2) is 25.1 Å². The van der Waals surface area contributed by atoms with Gasteiger partial charge in [0.1, 0.15) is 5.75 Å². The van der Waals surface area contributed by atoms with Crippen LogP contribution < -0.4 is 10.6 Å². The highest BCUT2D eigenvalue weighted by Crippen LogP contribution is 2.24. The normalized spacial score (nSPS) is 11.0. The number of aryl methyl sites for hydroxylation is 2. The van der Waals surface area contributed by atoms with E-state index in [1.807, 2.05) is 63.2 Å². The number of phenols is 1. The van der Waals surface area contributed by atoms with Crippen LogP contribution in [0.2, 0.25) is 0 Å². The van der Waals surface area contributed by atoms with Crippen LogP contribution in [0.1, 0.15) is 32.6 Å². The van der Waals surface area contributed by atoms with Crippen molar-refractivity contribution in [2.45, 2.75) is 13.8 Å². The Morgan fingerprint density at radius 3 is 2.00 bits per heavy atom. The lowest BCUT2D eigenvalue weighted by Gasteiger charge is -2.14. The number of amides is 1.